The van der Waals surface area contributed by atoms with Crippen molar-refractivity contribution < 1.29 is 4.74 Å². The first-order valence-corrected chi connectivity index (χ1v) is 21.9. The van der Waals surface area contributed by atoms with Gasteiger partial charge in [-0.3, -0.25) is 0 Å². The highest BCUT2D eigenvalue weighted by Crippen LogP contribution is 2.57. The van der Waals surface area contributed by atoms with Crippen molar-refractivity contribution in [1.82, 2.24) is 4.90 Å². The quantitative estimate of drug-likeness (QED) is 0.0518. The van der Waals surface area contributed by atoms with Gasteiger partial charge < -0.3 is 9.64 Å². The molecule has 1 saturated carbocycles. The van der Waals surface area contributed by atoms with E-state index in [0.717, 1.165) is 19.4 Å². The summed E-state index contributed by atoms with van der Waals surface area (Å²) in [5, 5.41) is 0. The van der Waals surface area contributed by atoms with E-state index in [4.69, 9.17) is 4.74 Å². The number of likely N-dealkylation sites (tertiary alicyclic amines) is 1. The van der Waals surface area contributed by atoms with Gasteiger partial charge in [-0.05, 0) is 115 Å². The van der Waals surface area contributed by atoms with Gasteiger partial charge in [-0.1, -0.05) is 159 Å². The van der Waals surface area contributed by atoms with Crippen molar-refractivity contribution in [1.29, 1.82) is 0 Å². The van der Waals surface area contributed by atoms with Gasteiger partial charge in [0.05, 0.1) is 11.7 Å². The molecule has 0 amide bonds. The third kappa shape index (κ3) is 21.8. The number of likely N-dealkylation sites (N-methyl/N-ethyl adjacent to an activating group) is 1. The average molecular weight is 680 g/mol. The first-order valence-electron chi connectivity index (χ1n) is 21.9. The molecule has 0 bridgehead atoms. The van der Waals surface area contributed by atoms with Gasteiger partial charge >= 0.3 is 0 Å². The first-order chi connectivity index (χ1) is 23.9. The van der Waals surface area contributed by atoms with Gasteiger partial charge in [0.2, 0.25) is 0 Å². The summed E-state index contributed by atoms with van der Waals surface area (Å²) in [5.41, 5.74) is 0.661. The van der Waals surface area contributed by atoms with Crippen molar-refractivity contribution in [2.24, 2.45) is 11.3 Å². The number of hydrogen-bond donors (Lipinski definition) is 0. The zero-order valence-corrected chi connectivity index (χ0v) is 33.8. The summed E-state index contributed by atoms with van der Waals surface area (Å²) in [6, 6.07) is 0. The molecule has 2 aliphatic rings. The second-order valence-electron chi connectivity index (χ2n) is 16.8. The van der Waals surface area contributed by atoms with Crippen molar-refractivity contribution in [3.05, 3.63) is 48.6 Å². The van der Waals surface area contributed by atoms with Crippen molar-refractivity contribution >= 4 is 0 Å². The van der Waals surface area contributed by atoms with Crippen LogP contribution in [0.5, 0.6) is 0 Å². The Morgan fingerprint density at radius 3 is 1.31 bits per heavy atom. The van der Waals surface area contributed by atoms with E-state index >= 15 is 0 Å². The van der Waals surface area contributed by atoms with Crippen molar-refractivity contribution in [2.75, 3.05) is 20.1 Å². The zero-order chi connectivity index (χ0) is 35.3. The highest BCUT2D eigenvalue weighted by atomic mass is 16.5. The first kappa shape index (κ1) is 44.0. The van der Waals surface area contributed by atoms with Gasteiger partial charge in [-0.2, -0.15) is 0 Å². The molecule has 1 saturated heterocycles. The highest BCUT2D eigenvalue weighted by molar-refractivity contribution is 5.04. The number of nitrogens with zero attached hydrogens (tertiary/aromatic N) is 1. The summed E-state index contributed by atoms with van der Waals surface area (Å²) >= 11 is 0. The summed E-state index contributed by atoms with van der Waals surface area (Å²) in [4.78, 5) is 2.46. The van der Waals surface area contributed by atoms with Crippen LogP contribution in [0, 0.1) is 11.3 Å². The molecule has 0 aromatic rings. The Kier molecular flexibility index (Phi) is 25.6. The lowest BCUT2D eigenvalue weighted by Crippen LogP contribution is -2.54. The molecule has 2 heteroatoms. The van der Waals surface area contributed by atoms with Crippen LogP contribution in [0.3, 0.4) is 0 Å². The van der Waals surface area contributed by atoms with Gasteiger partial charge in [0.15, 0.2) is 0 Å². The van der Waals surface area contributed by atoms with Crippen LogP contribution in [0.4, 0.5) is 0 Å². The molecule has 1 aliphatic carbocycles. The normalized spacial score (nSPS) is 24.8. The minimum absolute atomic E-state index is 0.112. The van der Waals surface area contributed by atoms with Gasteiger partial charge in [-0.15, -0.1) is 0 Å². The van der Waals surface area contributed by atoms with Crippen LogP contribution in [0.15, 0.2) is 48.6 Å². The van der Waals surface area contributed by atoms with Crippen LogP contribution in [0.2, 0.25) is 0 Å². The lowest BCUT2D eigenvalue weighted by atomic mass is 9.55. The number of hydrogen-bond acceptors (Lipinski definition) is 2. The topological polar surface area (TPSA) is 12.5 Å². The van der Waals surface area contributed by atoms with Gasteiger partial charge in [0.1, 0.15) is 0 Å². The minimum Gasteiger partial charge on any atom is -0.370 e. The molecule has 1 aliphatic heterocycles. The Balaban J connectivity index is 1.59. The largest absolute Gasteiger partial charge is 0.370 e. The number of allylic oxidation sites excluding steroid dienone is 8. The van der Waals surface area contributed by atoms with Crippen LogP contribution >= 0.6 is 0 Å². The molecule has 0 N–H and O–H groups in total. The number of ether oxygens (including phenoxy) is 1. The van der Waals surface area contributed by atoms with Crippen LogP contribution in [-0.2, 0) is 4.74 Å². The standard InChI is InChI=1S/C47H85NO/c1-6-8-10-12-14-16-18-20-22-24-26-28-30-32-34-36-38-47(42-46(4,43-47)49-45-41-48(5)40-44(45)3)39-37-35-33-31-29-27-25-23-21-19-17-15-13-11-9-7-2/h14-17,20-23,44-45H,6-13,18-19,24-43H2,1-5H3. The lowest BCUT2D eigenvalue weighted by molar-refractivity contribution is -0.194. The molecule has 2 atom stereocenters. The molecule has 2 fully saturated rings. The van der Waals surface area contributed by atoms with Crippen LogP contribution in [0.25, 0.3) is 0 Å². The molecule has 0 spiro atoms. The predicted octanol–water partition coefficient (Wildman–Crippen LogP) is 14.9. The van der Waals surface area contributed by atoms with Crippen LogP contribution < -0.4 is 0 Å². The van der Waals surface area contributed by atoms with Crippen molar-refractivity contribution in [3.8, 4) is 0 Å². The summed E-state index contributed by atoms with van der Waals surface area (Å²) < 4.78 is 6.88. The second-order valence-corrected chi connectivity index (χ2v) is 16.8. The van der Waals surface area contributed by atoms with E-state index in [1.165, 1.54) is 173 Å². The maximum Gasteiger partial charge on any atom is 0.0746 e. The van der Waals surface area contributed by atoms with E-state index in [1.807, 2.05) is 0 Å². The van der Waals surface area contributed by atoms with E-state index in [-0.39, 0.29) is 5.60 Å². The molecule has 2 rings (SSSR count). The molecule has 2 unspecified atom stereocenters. The van der Waals surface area contributed by atoms with Crippen LogP contribution in [0.1, 0.15) is 207 Å². The Bertz CT molecular complexity index is 827. The van der Waals surface area contributed by atoms with Gasteiger partial charge in [0, 0.05) is 13.1 Å². The maximum atomic E-state index is 6.88. The lowest BCUT2D eigenvalue weighted by Gasteiger charge is -2.56. The fourth-order valence-corrected chi connectivity index (χ4v) is 8.76. The molecule has 49 heavy (non-hydrogen) atoms. The minimum atomic E-state index is 0.112. The Hall–Kier alpha value is -1.12. The number of unbranched alkanes of at least 4 members (excludes halogenated alkanes) is 18. The summed E-state index contributed by atoms with van der Waals surface area (Å²) in [5.74, 6) is 0.664. The highest BCUT2D eigenvalue weighted by Gasteiger charge is 2.53. The van der Waals surface area contributed by atoms with E-state index in [1.54, 1.807) is 0 Å². The van der Waals surface area contributed by atoms with E-state index < -0.39 is 0 Å². The Labute approximate surface area is 308 Å². The summed E-state index contributed by atoms with van der Waals surface area (Å²) in [7, 11) is 2.25. The van der Waals surface area contributed by atoms with Crippen molar-refractivity contribution in [2.45, 2.75) is 219 Å². The SMILES string of the molecule is CCCCCC=CCC=CCCCCCCCCC1(CCCCCCCCC=CCC=CCCCCC)CC(C)(OC2CN(C)CC2C)C1. The molecule has 0 aromatic heterocycles. The fourth-order valence-electron chi connectivity index (χ4n) is 8.76. The molecule has 1 heterocycles. The fraction of sp³-hybridized carbons (Fsp3) is 0.830. The predicted molar refractivity (Wildman–Crippen MR) is 220 cm³/mol. The monoisotopic (exact) mass is 680 g/mol. The Morgan fingerprint density at radius 2 is 0.918 bits per heavy atom. The smallest absolute Gasteiger partial charge is 0.0746 e. The molecule has 284 valence electrons. The molecule has 0 radical (unpaired) electrons. The molecule has 2 nitrogen and oxygen atoms in total. The molecule has 0 aromatic carbocycles. The third-order valence-electron chi connectivity index (χ3n) is 11.5. The van der Waals surface area contributed by atoms with E-state index in [2.05, 4.69) is 88.3 Å². The van der Waals surface area contributed by atoms with Gasteiger partial charge in [0.25, 0.3) is 0 Å². The van der Waals surface area contributed by atoms with Crippen LogP contribution in [-0.4, -0.2) is 36.7 Å². The van der Waals surface area contributed by atoms with E-state index in [9.17, 15) is 0 Å². The molecular formula is C47H85NO. The Morgan fingerprint density at radius 1 is 0.531 bits per heavy atom. The zero-order valence-electron chi connectivity index (χ0n) is 33.8. The van der Waals surface area contributed by atoms with Gasteiger partial charge in [-0.25, -0.2) is 0 Å². The summed E-state index contributed by atoms with van der Waals surface area (Å²) in [6.45, 7) is 11.7. The summed E-state index contributed by atoms with van der Waals surface area (Å²) in [6.07, 6.45) is 57.1. The molecular weight excluding hydrogens is 595 g/mol. The maximum absolute atomic E-state index is 6.88. The second kappa shape index (κ2) is 28.5. The third-order valence-corrected chi connectivity index (χ3v) is 11.5. The van der Waals surface area contributed by atoms with Crippen molar-refractivity contribution in [3.63, 3.8) is 0 Å². The van der Waals surface area contributed by atoms with E-state index in [0.29, 0.717) is 17.4 Å². The average Bonchev–Trinajstić information content (AvgIpc) is 3.38. The number of rotatable bonds is 32.